The predicted molar refractivity (Wildman–Crippen MR) is 288 cm³/mol. The number of esters is 3. The van der Waals surface area contributed by atoms with Crippen LogP contribution in [0.2, 0.25) is 0 Å². The fraction of sp³-hybridized carbons (Fsp3) is 0.787. The molecule has 0 bridgehead atoms. The summed E-state index contributed by atoms with van der Waals surface area (Å²) in [6.45, 7) is 6.51. The molecule has 0 N–H and O–H groups in total. The van der Waals surface area contributed by atoms with E-state index in [1.165, 1.54) is 154 Å². The van der Waals surface area contributed by atoms with Gasteiger partial charge in [-0.25, -0.2) is 0 Å². The Morgan fingerprint density at radius 2 is 0.582 bits per heavy atom. The molecule has 388 valence electrons. The van der Waals surface area contributed by atoms with Crippen LogP contribution in [0.5, 0.6) is 0 Å². The molecule has 0 aromatic heterocycles. The molecular weight excluding hydrogens is 829 g/mol. The van der Waals surface area contributed by atoms with Crippen LogP contribution in [0.3, 0.4) is 0 Å². The molecule has 67 heavy (non-hydrogen) atoms. The zero-order valence-corrected chi connectivity index (χ0v) is 44.4. The van der Waals surface area contributed by atoms with Gasteiger partial charge in [-0.2, -0.15) is 0 Å². The number of carbonyl (C=O) groups is 3. The second-order valence-corrected chi connectivity index (χ2v) is 19.2. The maximum atomic E-state index is 12.9. The van der Waals surface area contributed by atoms with E-state index in [2.05, 4.69) is 81.5 Å². The van der Waals surface area contributed by atoms with Gasteiger partial charge in [0.15, 0.2) is 6.10 Å². The van der Waals surface area contributed by atoms with Crippen molar-refractivity contribution in [1.82, 2.24) is 0 Å². The van der Waals surface area contributed by atoms with Crippen LogP contribution in [0, 0.1) is 0 Å². The smallest absolute Gasteiger partial charge is 0.306 e. The van der Waals surface area contributed by atoms with Crippen LogP contribution in [0.1, 0.15) is 290 Å². The normalized spacial score (nSPS) is 12.5. The first-order valence-corrected chi connectivity index (χ1v) is 28.8. The van der Waals surface area contributed by atoms with E-state index < -0.39 is 6.10 Å². The molecule has 1 atom stereocenters. The number of ether oxygens (including phenoxy) is 3. The molecule has 0 saturated heterocycles. The molecule has 0 saturated carbocycles. The minimum atomic E-state index is -0.788. The highest BCUT2D eigenvalue weighted by Crippen LogP contribution is 2.16. The molecule has 1 unspecified atom stereocenters. The quantitative estimate of drug-likeness (QED) is 0.0262. The van der Waals surface area contributed by atoms with Crippen LogP contribution in [0.4, 0.5) is 0 Å². The van der Waals surface area contributed by atoms with E-state index in [-0.39, 0.29) is 31.1 Å². The highest BCUT2D eigenvalue weighted by Gasteiger charge is 2.19. The van der Waals surface area contributed by atoms with E-state index >= 15 is 0 Å². The molecule has 0 radical (unpaired) electrons. The van der Waals surface area contributed by atoms with E-state index in [0.717, 1.165) is 96.3 Å². The Morgan fingerprint density at radius 3 is 0.940 bits per heavy atom. The van der Waals surface area contributed by atoms with Gasteiger partial charge >= 0.3 is 17.9 Å². The first kappa shape index (κ1) is 64.1. The highest BCUT2D eigenvalue weighted by molar-refractivity contribution is 5.71. The van der Waals surface area contributed by atoms with E-state index in [0.29, 0.717) is 19.3 Å². The fourth-order valence-electron chi connectivity index (χ4n) is 8.19. The van der Waals surface area contributed by atoms with Gasteiger partial charge in [-0.05, 0) is 83.5 Å². The van der Waals surface area contributed by atoms with Crippen LogP contribution < -0.4 is 0 Å². The summed E-state index contributed by atoms with van der Waals surface area (Å²) in [4.78, 5) is 38.1. The standard InChI is InChI=1S/C61H108O6/c1-4-7-10-13-16-19-22-25-27-29-31-33-36-39-42-45-48-51-54-60(63)66-57-58(56-65-59(62)53-50-47-44-41-38-35-24-21-18-15-12-9-6-3)67-61(64)55-52-49-46-43-40-37-34-32-30-28-26-23-20-17-14-11-8-5-2/h9,12,18-19,21-22,27,29,35,38,58H,4-8,10-11,13-17,20,23-26,28,30-34,36-37,39-57H2,1-3H3/b12-9-,21-18-,22-19-,29-27-,38-35-. The third-order valence-electron chi connectivity index (χ3n) is 12.5. The van der Waals surface area contributed by atoms with Crippen molar-refractivity contribution in [3.8, 4) is 0 Å². The lowest BCUT2D eigenvalue weighted by atomic mass is 10.0. The lowest BCUT2D eigenvalue weighted by Crippen LogP contribution is -2.30. The van der Waals surface area contributed by atoms with Crippen molar-refractivity contribution in [2.75, 3.05) is 13.2 Å². The van der Waals surface area contributed by atoms with Crippen LogP contribution >= 0.6 is 0 Å². The van der Waals surface area contributed by atoms with Crippen molar-refractivity contribution in [2.45, 2.75) is 297 Å². The summed E-state index contributed by atoms with van der Waals surface area (Å²) in [6.07, 6.45) is 69.3. The second-order valence-electron chi connectivity index (χ2n) is 19.2. The maximum absolute atomic E-state index is 12.9. The first-order valence-electron chi connectivity index (χ1n) is 28.8. The molecule has 0 aliphatic carbocycles. The third kappa shape index (κ3) is 53.9. The van der Waals surface area contributed by atoms with E-state index in [4.69, 9.17) is 14.2 Å². The maximum Gasteiger partial charge on any atom is 0.306 e. The molecule has 6 nitrogen and oxygen atoms in total. The minimum Gasteiger partial charge on any atom is -0.462 e. The van der Waals surface area contributed by atoms with Gasteiger partial charge in [0.25, 0.3) is 0 Å². The Labute approximate surface area is 415 Å². The molecule has 0 heterocycles. The third-order valence-corrected chi connectivity index (χ3v) is 12.5. The van der Waals surface area contributed by atoms with Crippen molar-refractivity contribution in [1.29, 1.82) is 0 Å². The van der Waals surface area contributed by atoms with E-state index in [1.807, 2.05) is 0 Å². The minimum absolute atomic E-state index is 0.0856. The monoisotopic (exact) mass is 937 g/mol. The summed E-state index contributed by atoms with van der Waals surface area (Å²) < 4.78 is 16.8. The summed E-state index contributed by atoms with van der Waals surface area (Å²) in [5.74, 6) is -0.910. The summed E-state index contributed by atoms with van der Waals surface area (Å²) >= 11 is 0. The second kappa shape index (κ2) is 55.7. The fourth-order valence-corrected chi connectivity index (χ4v) is 8.19. The Balaban J connectivity index is 4.37. The van der Waals surface area contributed by atoms with Gasteiger partial charge in [0.05, 0.1) is 0 Å². The van der Waals surface area contributed by atoms with Crippen molar-refractivity contribution in [2.24, 2.45) is 0 Å². The van der Waals surface area contributed by atoms with Crippen LogP contribution in [-0.2, 0) is 28.6 Å². The Bertz CT molecular complexity index is 1210. The van der Waals surface area contributed by atoms with Gasteiger partial charge in [0.1, 0.15) is 13.2 Å². The van der Waals surface area contributed by atoms with Gasteiger partial charge in [-0.15, -0.1) is 0 Å². The van der Waals surface area contributed by atoms with Crippen molar-refractivity contribution in [3.05, 3.63) is 60.8 Å². The Hall–Kier alpha value is -2.89. The highest BCUT2D eigenvalue weighted by atomic mass is 16.6. The Morgan fingerprint density at radius 1 is 0.313 bits per heavy atom. The molecule has 0 rings (SSSR count). The molecule has 0 spiro atoms. The summed E-state index contributed by atoms with van der Waals surface area (Å²) in [5.41, 5.74) is 0. The van der Waals surface area contributed by atoms with Crippen LogP contribution in [0.25, 0.3) is 0 Å². The zero-order chi connectivity index (χ0) is 48.6. The topological polar surface area (TPSA) is 78.9 Å². The lowest BCUT2D eigenvalue weighted by Gasteiger charge is -2.18. The predicted octanol–water partition coefficient (Wildman–Crippen LogP) is 19.2. The number of hydrogen-bond donors (Lipinski definition) is 0. The summed E-state index contributed by atoms with van der Waals surface area (Å²) in [5, 5.41) is 0. The van der Waals surface area contributed by atoms with Crippen molar-refractivity contribution in [3.63, 3.8) is 0 Å². The summed E-state index contributed by atoms with van der Waals surface area (Å²) in [7, 11) is 0. The van der Waals surface area contributed by atoms with Gasteiger partial charge in [-0.3, -0.25) is 14.4 Å². The van der Waals surface area contributed by atoms with Gasteiger partial charge in [0.2, 0.25) is 0 Å². The van der Waals surface area contributed by atoms with Crippen LogP contribution in [0.15, 0.2) is 60.8 Å². The average molecular weight is 938 g/mol. The zero-order valence-electron chi connectivity index (χ0n) is 44.4. The average Bonchev–Trinajstić information content (AvgIpc) is 3.33. The van der Waals surface area contributed by atoms with Crippen molar-refractivity contribution < 1.29 is 28.6 Å². The van der Waals surface area contributed by atoms with E-state index in [9.17, 15) is 14.4 Å². The molecule has 6 heteroatoms. The van der Waals surface area contributed by atoms with Gasteiger partial charge < -0.3 is 14.2 Å². The molecular formula is C61H108O6. The largest absolute Gasteiger partial charge is 0.462 e. The van der Waals surface area contributed by atoms with Gasteiger partial charge in [0, 0.05) is 19.3 Å². The first-order chi connectivity index (χ1) is 33.0. The lowest BCUT2D eigenvalue weighted by molar-refractivity contribution is -0.167. The van der Waals surface area contributed by atoms with Crippen molar-refractivity contribution >= 4 is 17.9 Å². The Kier molecular flexibility index (Phi) is 53.3. The van der Waals surface area contributed by atoms with Gasteiger partial charge in [-0.1, -0.05) is 248 Å². The molecule has 0 amide bonds. The number of allylic oxidation sites excluding steroid dienone is 10. The molecule has 0 aromatic rings. The number of rotatable bonds is 52. The molecule has 0 aliphatic heterocycles. The van der Waals surface area contributed by atoms with Crippen LogP contribution in [-0.4, -0.2) is 37.2 Å². The number of hydrogen-bond acceptors (Lipinski definition) is 6. The number of unbranched alkanes of at least 4 members (excludes halogenated alkanes) is 31. The number of carbonyl (C=O) groups excluding carboxylic acids is 3. The molecule has 0 aliphatic rings. The SMILES string of the molecule is CC/C=C\C/C=C\C/C=C\CCCCCC(=O)OCC(COC(=O)CCCCCCCCC/C=C\C/C=C\CCCCCC)OC(=O)CCCCCCCCCCCCCCCCCCCC. The molecule has 0 fully saturated rings. The molecule has 0 aromatic carbocycles. The summed E-state index contributed by atoms with van der Waals surface area (Å²) in [6, 6.07) is 0. The van der Waals surface area contributed by atoms with E-state index in [1.54, 1.807) is 0 Å².